The molecular formula is C21H24N2O6. The van der Waals surface area contributed by atoms with Gasteiger partial charge in [-0.25, -0.2) is 4.79 Å². The van der Waals surface area contributed by atoms with Crippen molar-refractivity contribution >= 4 is 17.6 Å². The summed E-state index contributed by atoms with van der Waals surface area (Å²) >= 11 is 0. The maximum Gasteiger partial charge on any atom is 0.338 e. The number of nitro benzene ring substituents is 1. The zero-order valence-corrected chi connectivity index (χ0v) is 16.6. The van der Waals surface area contributed by atoms with E-state index in [4.69, 9.17) is 9.47 Å². The SMILES string of the molecule is CCOC(=O)c1cc(C(=O)NCc2ccc(COC(C)C)cc2)cc([N+](=O)[O-])c1. The fourth-order valence-corrected chi connectivity index (χ4v) is 2.48. The van der Waals surface area contributed by atoms with E-state index in [2.05, 4.69) is 5.32 Å². The lowest BCUT2D eigenvalue weighted by Crippen LogP contribution is -2.23. The molecule has 0 heterocycles. The molecule has 0 bridgehead atoms. The average molecular weight is 400 g/mol. The zero-order chi connectivity index (χ0) is 21.4. The van der Waals surface area contributed by atoms with Crippen LogP contribution in [0.4, 0.5) is 5.69 Å². The smallest absolute Gasteiger partial charge is 0.338 e. The molecule has 0 fully saturated rings. The van der Waals surface area contributed by atoms with E-state index >= 15 is 0 Å². The van der Waals surface area contributed by atoms with Crippen LogP contribution in [0.1, 0.15) is 52.6 Å². The quantitative estimate of drug-likeness (QED) is 0.391. The summed E-state index contributed by atoms with van der Waals surface area (Å²) in [6.07, 6.45) is 0.142. The largest absolute Gasteiger partial charge is 0.462 e. The van der Waals surface area contributed by atoms with Crippen LogP contribution in [-0.2, 0) is 22.6 Å². The molecule has 1 N–H and O–H groups in total. The van der Waals surface area contributed by atoms with E-state index in [9.17, 15) is 19.7 Å². The van der Waals surface area contributed by atoms with E-state index in [-0.39, 0.29) is 36.1 Å². The molecule has 0 saturated heterocycles. The van der Waals surface area contributed by atoms with Gasteiger partial charge in [-0.3, -0.25) is 14.9 Å². The number of benzene rings is 2. The highest BCUT2D eigenvalue weighted by Crippen LogP contribution is 2.18. The molecule has 0 aromatic heterocycles. The molecule has 0 unspecified atom stereocenters. The Bertz CT molecular complexity index is 877. The Morgan fingerprint density at radius 2 is 1.69 bits per heavy atom. The summed E-state index contributed by atoms with van der Waals surface area (Å²) in [5.41, 5.74) is 1.51. The monoisotopic (exact) mass is 400 g/mol. The second-order valence-electron chi connectivity index (χ2n) is 6.61. The topological polar surface area (TPSA) is 108 Å². The molecule has 0 radical (unpaired) electrons. The molecule has 1 amide bonds. The van der Waals surface area contributed by atoms with Crippen molar-refractivity contribution in [1.82, 2.24) is 5.32 Å². The van der Waals surface area contributed by atoms with Crippen LogP contribution in [0.25, 0.3) is 0 Å². The van der Waals surface area contributed by atoms with Gasteiger partial charge in [0.15, 0.2) is 0 Å². The van der Waals surface area contributed by atoms with Gasteiger partial charge in [0, 0.05) is 24.2 Å². The molecule has 0 atom stereocenters. The first-order chi connectivity index (χ1) is 13.8. The lowest BCUT2D eigenvalue weighted by atomic mass is 10.1. The average Bonchev–Trinajstić information content (AvgIpc) is 2.71. The molecule has 29 heavy (non-hydrogen) atoms. The van der Waals surface area contributed by atoms with Gasteiger partial charge in [-0.2, -0.15) is 0 Å². The number of esters is 1. The third kappa shape index (κ3) is 6.69. The Kier molecular flexibility index (Phi) is 7.85. The van der Waals surface area contributed by atoms with Crippen molar-refractivity contribution in [1.29, 1.82) is 0 Å². The van der Waals surface area contributed by atoms with Crippen LogP contribution in [-0.4, -0.2) is 29.5 Å². The molecule has 2 aromatic rings. The number of nitrogens with zero attached hydrogens (tertiary/aromatic N) is 1. The van der Waals surface area contributed by atoms with Gasteiger partial charge in [0.1, 0.15) is 0 Å². The maximum atomic E-state index is 12.5. The summed E-state index contributed by atoms with van der Waals surface area (Å²) in [5.74, 6) is -1.24. The highest BCUT2D eigenvalue weighted by molar-refractivity contribution is 5.99. The molecule has 2 aromatic carbocycles. The first-order valence-electron chi connectivity index (χ1n) is 9.24. The predicted octanol–water partition coefficient (Wildman–Crippen LogP) is 3.63. The van der Waals surface area contributed by atoms with Crippen LogP contribution in [0.2, 0.25) is 0 Å². The number of nitro groups is 1. The van der Waals surface area contributed by atoms with Crippen molar-refractivity contribution in [3.63, 3.8) is 0 Å². The summed E-state index contributed by atoms with van der Waals surface area (Å²) in [4.78, 5) is 34.8. The number of rotatable bonds is 9. The van der Waals surface area contributed by atoms with E-state index in [0.29, 0.717) is 6.61 Å². The number of hydrogen-bond acceptors (Lipinski definition) is 6. The summed E-state index contributed by atoms with van der Waals surface area (Å²) in [6, 6.07) is 11.1. The van der Waals surface area contributed by atoms with Crippen LogP contribution < -0.4 is 5.32 Å². The van der Waals surface area contributed by atoms with E-state index in [1.54, 1.807) is 6.92 Å². The van der Waals surface area contributed by atoms with Crippen LogP contribution in [0.3, 0.4) is 0 Å². The first-order valence-corrected chi connectivity index (χ1v) is 9.24. The third-order valence-corrected chi connectivity index (χ3v) is 3.96. The summed E-state index contributed by atoms with van der Waals surface area (Å²) in [6.45, 7) is 6.43. The number of non-ortho nitro benzene ring substituents is 1. The number of amides is 1. The van der Waals surface area contributed by atoms with Crippen molar-refractivity contribution in [2.24, 2.45) is 0 Å². The molecular weight excluding hydrogens is 376 g/mol. The van der Waals surface area contributed by atoms with Gasteiger partial charge in [0.2, 0.25) is 0 Å². The highest BCUT2D eigenvalue weighted by Gasteiger charge is 2.18. The molecule has 154 valence electrons. The number of carbonyl (C=O) groups excluding carboxylic acids is 2. The second kappa shape index (κ2) is 10.3. The van der Waals surface area contributed by atoms with Gasteiger partial charge >= 0.3 is 5.97 Å². The first kappa shape index (κ1) is 22.0. The fraction of sp³-hybridized carbons (Fsp3) is 0.333. The second-order valence-corrected chi connectivity index (χ2v) is 6.61. The van der Waals surface area contributed by atoms with Crippen LogP contribution in [0, 0.1) is 10.1 Å². The van der Waals surface area contributed by atoms with Crippen LogP contribution in [0.15, 0.2) is 42.5 Å². The Balaban J connectivity index is 2.08. The van der Waals surface area contributed by atoms with Gasteiger partial charge in [-0.15, -0.1) is 0 Å². The minimum Gasteiger partial charge on any atom is -0.462 e. The zero-order valence-electron chi connectivity index (χ0n) is 16.6. The summed E-state index contributed by atoms with van der Waals surface area (Å²) in [5, 5.41) is 13.8. The van der Waals surface area contributed by atoms with Gasteiger partial charge in [-0.1, -0.05) is 24.3 Å². The van der Waals surface area contributed by atoms with Crippen molar-refractivity contribution < 1.29 is 24.0 Å². The normalized spacial score (nSPS) is 10.6. The number of hydrogen-bond donors (Lipinski definition) is 1. The van der Waals surface area contributed by atoms with Gasteiger partial charge in [-0.05, 0) is 38.0 Å². The lowest BCUT2D eigenvalue weighted by Gasteiger charge is -2.09. The number of carbonyl (C=O) groups is 2. The van der Waals surface area contributed by atoms with E-state index < -0.39 is 16.8 Å². The maximum absolute atomic E-state index is 12.5. The lowest BCUT2D eigenvalue weighted by molar-refractivity contribution is -0.384. The standard InChI is InChI=1S/C21H24N2O6/c1-4-28-21(25)18-9-17(10-19(11-18)23(26)27)20(24)22-12-15-5-7-16(8-6-15)13-29-14(2)3/h5-11,14H,4,12-13H2,1-3H3,(H,22,24). The van der Waals surface area contributed by atoms with E-state index in [0.717, 1.165) is 23.3 Å². The van der Waals surface area contributed by atoms with E-state index in [1.165, 1.54) is 6.07 Å². The number of ether oxygens (including phenoxy) is 2. The molecule has 2 rings (SSSR count). The molecule has 0 aliphatic rings. The highest BCUT2D eigenvalue weighted by atomic mass is 16.6. The Morgan fingerprint density at radius 3 is 2.28 bits per heavy atom. The van der Waals surface area contributed by atoms with Crippen molar-refractivity contribution in [3.05, 3.63) is 74.8 Å². The molecule has 0 saturated carbocycles. The molecule has 8 nitrogen and oxygen atoms in total. The molecule has 0 spiro atoms. The Hall–Kier alpha value is -3.26. The van der Waals surface area contributed by atoms with Crippen LogP contribution >= 0.6 is 0 Å². The minimum absolute atomic E-state index is 0.0178. The number of nitrogens with one attached hydrogen (secondary N) is 1. The van der Waals surface area contributed by atoms with E-state index in [1.807, 2.05) is 38.1 Å². The molecule has 8 heteroatoms. The summed E-state index contributed by atoms with van der Waals surface area (Å²) < 4.78 is 10.4. The van der Waals surface area contributed by atoms with Gasteiger partial charge in [0.25, 0.3) is 11.6 Å². The van der Waals surface area contributed by atoms with Crippen molar-refractivity contribution in [2.75, 3.05) is 6.61 Å². The fourth-order valence-electron chi connectivity index (χ4n) is 2.48. The van der Waals surface area contributed by atoms with Crippen LogP contribution in [0.5, 0.6) is 0 Å². The van der Waals surface area contributed by atoms with Crippen molar-refractivity contribution in [2.45, 2.75) is 40.0 Å². The van der Waals surface area contributed by atoms with Gasteiger partial charge < -0.3 is 14.8 Å². The Morgan fingerprint density at radius 1 is 1.07 bits per heavy atom. The molecule has 0 aliphatic carbocycles. The predicted molar refractivity (Wildman–Crippen MR) is 107 cm³/mol. The summed E-state index contributed by atoms with van der Waals surface area (Å²) in [7, 11) is 0. The van der Waals surface area contributed by atoms with Gasteiger partial charge in [0.05, 0.1) is 29.8 Å². The Labute approximate surface area is 169 Å². The minimum atomic E-state index is -0.718. The van der Waals surface area contributed by atoms with Crippen molar-refractivity contribution in [3.8, 4) is 0 Å². The third-order valence-electron chi connectivity index (χ3n) is 3.96. The molecule has 0 aliphatic heterocycles.